The molecule has 0 aliphatic rings. The first-order valence-electron chi connectivity index (χ1n) is 3.64. The number of rotatable bonds is 1. The van der Waals surface area contributed by atoms with Gasteiger partial charge in [-0.25, -0.2) is 4.98 Å². The van der Waals surface area contributed by atoms with E-state index < -0.39 is 11.9 Å². The molecule has 6 heteroatoms. The Morgan fingerprint density at radius 3 is 2.57 bits per heavy atom. The van der Waals surface area contributed by atoms with Crippen LogP contribution in [0.4, 0.5) is 19.0 Å². The van der Waals surface area contributed by atoms with E-state index in [1.807, 2.05) is 0 Å². The average Bonchev–Trinajstić information content (AvgIpc) is 2.07. The summed E-state index contributed by atoms with van der Waals surface area (Å²) >= 11 is 0. The summed E-state index contributed by atoms with van der Waals surface area (Å²) in [5.74, 6) is -0.209. The predicted octanol–water partition coefficient (Wildman–Crippen LogP) is 1.75. The molecule has 0 fully saturated rings. The van der Waals surface area contributed by atoms with Gasteiger partial charge in [0.1, 0.15) is 5.82 Å². The minimum Gasteiger partial charge on any atom is -0.384 e. The number of hydrogen-bond acceptors (Lipinski definition) is 3. The minimum absolute atomic E-state index is 0.158. The lowest BCUT2D eigenvalue weighted by atomic mass is 10.1. The highest BCUT2D eigenvalue weighted by Crippen LogP contribution is 2.31. The third-order valence-electron chi connectivity index (χ3n) is 1.54. The number of nitrogen functional groups attached to an aromatic ring is 1. The number of halogens is 3. The number of alkyl halides is 3. The molecule has 0 aromatic carbocycles. The third-order valence-corrected chi connectivity index (χ3v) is 1.54. The molecule has 0 saturated carbocycles. The standard InChI is InChI=1S/C8H6F3N3/c9-8(10,11)7-5(3-4-12)1-2-6(13)14-7/h1-2H,3H2,(H2,13,14). The van der Waals surface area contributed by atoms with Crippen LogP contribution in [0.3, 0.4) is 0 Å². The zero-order chi connectivity index (χ0) is 10.8. The first-order valence-corrected chi connectivity index (χ1v) is 3.64. The van der Waals surface area contributed by atoms with E-state index in [0.29, 0.717) is 0 Å². The average molecular weight is 201 g/mol. The van der Waals surface area contributed by atoms with Gasteiger partial charge in [0.05, 0.1) is 12.5 Å². The minimum atomic E-state index is -4.57. The molecule has 74 valence electrons. The smallest absolute Gasteiger partial charge is 0.384 e. The van der Waals surface area contributed by atoms with Crippen molar-refractivity contribution in [3.8, 4) is 6.07 Å². The first-order chi connectivity index (χ1) is 6.45. The molecule has 1 aromatic heterocycles. The molecule has 0 atom stereocenters. The molecule has 0 bridgehead atoms. The fraction of sp³-hybridized carbons (Fsp3) is 0.250. The Bertz CT molecular complexity index is 378. The highest BCUT2D eigenvalue weighted by atomic mass is 19.4. The van der Waals surface area contributed by atoms with Crippen molar-refractivity contribution in [2.75, 3.05) is 5.73 Å². The van der Waals surface area contributed by atoms with Crippen LogP contribution < -0.4 is 5.73 Å². The first kappa shape index (κ1) is 10.3. The van der Waals surface area contributed by atoms with Gasteiger partial charge in [-0.1, -0.05) is 6.07 Å². The largest absolute Gasteiger partial charge is 0.433 e. The van der Waals surface area contributed by atoms with Crippen LogP contribution in [0.1, 0.15) is 11.3 Å². The maximum Gasteiger partial charge on any atom is 0.433 e. The van der Waals surface area contributed by atoms with Gasteiger partial charge >= 0.3 is 6.18 Å². The van der Waals surface area contributed by atoms with Crippen molar-refractivity contribution in [3.05, 3.63) is 23.4 Å². The lowest BCUT2D eigenvalue weighted by Crippen LogP contribution is -2.13. The van der Waals surface area contributed by atoms with Gasteiger partial charge in [-0.2, -0.15) is 18.4 Å². The molecule has 0 amide bonds. The zero-order valence-corrected chi connectivity index (χ0v) is 6.97. The van der Waals surface area contributed by atoms with Gasteiger partial charge in [0, 0.05) is 0 Å². The summed E-state index contributed by atoms with van der Waals surface area (Å²) in [6, 6.07) is 4.03. The molecule has 0 unspecified atom stereocenters. The highest BCUT2D eigenvalue weighted by molar-refractivity contribution is 5.36. The number of nitrogens with zero attached hydrogens (tertiary/aromatic N) is 2. The van der Waals surface area contributed by atoms with Gasteiger partial charge in [-0.05, 0) is 11.6 Å². The van der Waals surface area contributed by atoms with Crippen LogP contribution in [0.25, 0.3) is 0 Å². The summed E-state index contributed by atoms with van der Waals surface area (Å²) in [7, 11) is 0. The van der Waals surface area contributed by atoms with Crippen LogP contribution in [0, 0.1) is 11.3 Å². The lowest BCUT2D eigenvalue weighted by molar-refractivity contribution is -0.141. The molecule has 0 radical (unpaired) electrons. The number of aromatic nitrogens is 1. The maximum absolute atomic E-state index is 12.3. The predicted molar refractivity (Wildman–Crippen MR) is 43.0 cm³/mol. The van der Waals surface area contributed by atoms with E-state index >= 15 is 0 Å². The van der Waals surface area contributed by atoms with E-state index in [4.69, 9.17) is 11.0 Å². The van der Waals surface area contributed by atoms with Crippen LogP contribution in [0.2, 0.25) is 0 Å². The van der Waals surface area contributed by atoms with Crippen molar-refractivity contribution in [3.63, 3.8) is 0 Å². The molecular formula is C8H6F3N3. The van der Waals surface area contributed by atoms with E-state index in [2.05, 4.69) is 4.98 Å². The fourth-order valence-corrected chi connectivity index (χ4v) is 0.976. The Balaban J connectivity index is 3.24. The Labute approximate surface area is 78.0 Å². The topological polar surface area (TPSA) is 62.7 Å². The number of nitriles is 1. The van der Waals surface area contributed by atoms with Gasteiger partial charge in [-0.3, -0.25) is 0 Å². The Hall–Kier alpha value is -1.77. The van der Waals surface area contributed by atoms with Gasteiger partial charge in [0.25, 0.3) is 0 Å². The molecule has 1 rings (SSSR count). The number of pyridine rings is 1. The van der Waals surface area contributed by atoms with Crippen molar-refractivity contribution in [2.24, 2.45) is 0 Å². The second-order valence-corrected chi connectivity index (χ2v) is 2.58. The Morgan fingerprint density at radius 1 is 1.43 bits per heavy atom. The maximum atomic E-state index is 12.3. The molecule has 0 aliphatic carbocycles. The summed E-state index contributed by atoms with van der Waals surface area (Å²) in [4.78, 5) is 3.16. The van der Waals surface area contributed by atoms with Gasteiger partial charge in [0.2, 0.25) is 0 Å². The summed E-state index contributed by atoms with van der Waals surface area (Å²) < 4.78 is 37.0. The molecule has 1 heterocycles. The summed E-state index contributed by atoms with van der Waals surface area (Å²) in [6.07, 6.45) is -4.90. The summed E-state index contributed by atoms with van der Waals surface area (Å²) in [5.41, 5.74) is 3.88. The Morgan fingerprint density at radius 2 is 2.07 bits per heavy atom. The van der Waals surface area contributed by atoms with Crippen molar-refractivity contribution >= 4 is 5.82 Å². The van der Waals surface area contributed by atoms with Crippen LogP contribution in [0.5, 0.6) is 0 Å². The molecule has 2 N–H and O–H groups in total. The number of hydrogen-bond donors (Lipinski definition) is 1. The van der Waals surface area contributed by atoms with Crippen LogP contribution >= 0.6 is 0 Å². The second kappa shape index (κ2) is 3.54. The third kappa shape index (κ3) is 2.13. The zero-order valence-electron chi connectivity index (χ0n) is 6.97. The van der Waals surface area contributed by atoms with Gasteiger partial charge < -0.3 is 5.73 Å². The van der Waals surface area contributed by atoms with E-state index in [1.165, 1.54) is 6.07 Å². The normalized spacial score (nSPS) is 11.0. The van der Waals surface area contributed by atoms with E-state index in [9.17, 15) is 13.2 Å². The molecule has 0 spiro atoms. The molecule has 0 saturated heterocycles. The quantitative estimate of drug-likeness (QED) is 0.752. The fourth-order valence-electron chi connectivity index (χ4n) is 0.976. The highest BCUT2D eigenvalue weighted by Gasteiger charge is 2.35. The van der Waals surface area contributed by atoms with E-state index in [1.54, 1.807) is 6.07 Å². The second-order valence-electron chi connectivity index (χ2n) is 2.58. The van der Waals surface area contributed by atoms with Gasteiger partial charge in [0.15, 0.2) is 5.69 Å². The van der Waals surface area contributed by atoms with Crippen LogP contribution in [-0.4, -0.2) is 4.98 Å². The summed E-state index contributed by atoms with van der Waals surface area (Å²) in [6.45, 7) is 0. The number of anilines is 1. The van der Waals surface area contributed by atoms with E-state index in [0.717, 1.165) is 6.07 Å². The molecule has 0 aliphatic heterocycles. The lowest BCUT2D eigenvalue weighted by Gasteiger charge is -2.09. The monoisotopic (exact) mass is 201 g/mol. The number of nitrogens with two attached hydrogens (primary N) is 1. The Kier molecular flexibility index (Phi) is 2.60. The van der Waals surface area contributed by atoms with Crippen molar-refractivity contribution in [2.45, 2.75) is 12.6 Å². The SMILES string of the molecule is N#CCc1ccc(N)nc1C(F)(F)F. The molecule has 1 aromatic rings. The van der Waals surface area contributed by atoms with E-state index in [-0.39, 0.29) is 17.8 Å². The molecular weight excluding hydrogens is 195 g/mol. The summed E-state index contributed by atoms with van der Waals surface area (Å²) in [5, 5.41) is 8.30. The van der Waals surface area contributed by atoms with Crippen molar-refractivity contribution < 1.29 is 13.2 Å². The van der Waals surface area contributed by atoms with Crippen molar-refractivity contribution in [1.82, 2.24) is 4.98 Å². The molecule has 3 nitrogen and oxygen atoms in total. The molecule has 14 heavy (non-hydrogen) atoms. The van der Waals surface area contributed by atoms with Crippen LogP contribution in [0.15, 0.2) is 12.1 Å². The van der Waals surface area contributed by atoms with Gasteiger partial charge in [-0.15, -0.1) is 0 Å². The van der Waals surface area contributed by atoms with Crippen molar-refractivity contribution in [1.29, 1.82) is 5.26 Å². The van der Waals surface area contributed by atoms with Crippen LogP contribution in [-0.2, 0) is 12.6 Å².